The molecule has 0 aromatic carbocycles. The number of hydrogen-bond acceptors (Lipinski definition) is 2. The van der Waals surface area contributed by atoms with Gasteiger partial charge in [-0.3, -0.25) is 0 Å². The van der Waals surface area contributed by atoms with E-state index in [2.05, 4.69) is 0 Å². The molecular weight excluding hydrogens is 204 g/mol. The van der Waals surface area contributed by atoms with Crippen molar-refractivity contribution in [1.82, 2.24) is 9.80 Å². The van der Waals surface area contributed by atoms with E-state index in [-0.39, 0.29) is 17.2 Å². The van der Waals surface area contributed by atoms with E-state index in [4.69, 9.17) is 4.74 Å². The third-order valence-electron chi connectivity index (χ3n) is 2.77. The summed E-state index contributed by atoms with van der Waals surface area (Å²) in [5.41, 5.74) is -0.544. The van der Waals surface area contributed by atoms with Crippen LogP contribution < -0.4 is 0 Å². The summed E-state index contributed by atoms with van der Waals surface area (Å²) in [7, 11) is 1.83. The minimum atomic E-state index is -0.272. The highest BCUT2D eigenvalue weighted by atomic mass is 16.5. The van der Waals surface area contributed by atoms with Crippen molar-refractivity contribution in [3.63, 3.8) is 0 Å². The molecule has 1 fully saturated rings. The summed E-state index contributed by atoms with van der Waals surface area (Å²) < 4.78 is 5.94. The van der Waals surface area contributed by atoms with Crippen LogP contribution >= 0.6 is 0 Å². The van der Waals surface area contributed by atoms with Crippen LogP contribution in [0.2, 0.25) is 0 Å². The molecule has 0 aliphatic carbocycles. The average molecular weight is 228 g/mol. The van der Waals surface area contributed by atoms with Gasteiger partial charge < -0.3 is 14.5 Å². The predicted octanol–water partition coefficient (Wildman–Crippen LogP) is 1.95. The molecule has 0 N–H and O–H groups in total. The second-order valence-corrected chi connectivity index (χ2v) is 5.77. The van der Waals surface area contributed by atoms with Crippen LogP contribution in [-0.4, -0.2) is 53.7 Å². The number of hydrogen-bond donors (Lipinski definition) is 0. The summed E-state index contributed by atoms with van der Waals surface area (Å²) in [6.45, 7) is 12.1. The van der Waals surface area contributed by atoms with Crippen LogP contribution in [0.25, 0.3) is 0 Å². The predicted molar refractivity (Wildman–Crippen MR) is 64.5 cm³/mol. The molecule has 1 rings (SSSR count). The molecular formula is C12H24N2O2. The van der Waals surface area contributed by atoms with E-state index in [0.29, 0.717) is 13.1 Å². The second kappa shape index (κ2) is 4.24. The Labute approximate surface area is 98.5 Å². The van der Waals surface area contributed by atoms with E-state index in [1.165, 1.54) is 0 Å². The lowest BCUT2D eigenvalue weighted by Gasteiger charge is -2.47. The number of morpholine rings is 1. The maximum atomic E-state index is 12.1. The van der Waals surface area contributed by atoms with Crippen LogP contribution in [0, 0.1) is 0 Å². The first-order valence-corrected chi connectivity index (χ1v) is 5.87. The van der Waals surface area contributed by atoms with Crippen LogP contribution in [0.15, 0.2) is 0 Å². The summed E-state index contributed by atoms with van der Waals surface area (Å²) >= 11 is 0. The van der Waals surface area contributed by atoms with Gasteiger partial charge in [0.2, 0.25) is 0 Å². The van der Waals surface area contributed by atoms with E-state index in [1.54, 1.807) is 4.90 Å². The van der Waals surface area contributed by atoms with Crippen LogP contribution in [0.4, 0.5) is 4.79 Å². The van der Waals surface area contributed by atoms with Crippen molar-refractivity contribution in [3.05, 3.63) is 0 Å². The molecule has 0 aromatic heterocycles. The van der Waals surface area contributed by atoms with Crippen LogP contribution in [0.5, 0.6) is 0 Å². The Morgan fingerprint density at radius 2 is 1.69 bits per heavy atom. The van der Waals surface area contributed by atoms with Crippen molar-refractivity contribution < 1.29 is 9.53 Å². The molecule has 94 valence electrons. The van der Waals surface area contributed by atoms with E-state index in [0.717, 1.165) is 6.54 Å². The molecule has 0 aromatic rings. The Balaban J connectivity index is 2.78. The molecule has 1 aliphatic rings. The number of ether oxygens (including phenoxy) is 1. The quantitative estimate of drug-likeness (QED) is 0.687. The Morgan fingerprint density at radius 1 is 1.25 bits per heavy atom. The Kier molecular flexibility index (Phi) is 3.53. The van der Waals surface area contributed by atoms with Gasteiger partial charge in [0.1, 0.15) is 0 Å². The van der Waals surface area contributed by atoms with Gasteiger partial charge in [-0.05, 0) is 34.6 Å². The van der Waals surface area contributed by atoms with Gasteiger partial charge in [-0.15, -0.1) is 0 Å². The Hall–Kier alpha value is -0.770. The minimum absolute atomic E-state index is 0.0898. The van der Waals surface area contributed by atoms with Gasteiger partial charge in [0, 0.05) is 13.6 Å². The zero-order chi connectivity index (χ0) is 12.6. The molecule has 0 spiro atoms. The average Bonchev–Trinajstić information content (AvgIpc) is 2.10. The fourth-order valence-electron chi connectivity index (χ4n) is 2.30. The molecule has 0 saturated carbocycles. The van der Waals surface area contributed by atoms with Crippen molar-refractivity contribution in [3.8, 4) is 0 Å². The first-order chi connectivity index (χ1) is 7.17. The summed E-state index contributed by atoms with van der Waals surface area (Å²) in [6, 6.07) is 0.0898. The van der Waals surface area contributed by atoms with Gasteiger partial charge in [0.05, 0.1) is 24.3 Å². The monoisotopic (exact) mass is 228 g/mol. The van der Waals surface area contributed by atoms with E-state index >= 15 is 0 Å². The Bertz CT molecular complexity index is 258. The van der Waals surface area contributed by atoms with Gasteiger partial charge in [-0.25, -0.2) is 4.79 Å². The zero-order valence-corrected chi connectivity index (χ0v) is 11.3. The molecule has 1 aliphatic heterocycles. The van der Waals surface area contributed by atoms with Crippen LogP contribution in [0.1, 0.15) is 34.6 Å². The number of rotatable bonds is 1. The minimum Gasteiger partial charge on any atom is -0.366 e. The number of carbonyl (C=O) groups excluding carboxylic acids is 1. The largest absolute Gasteiger partial charge is 0.366 e. The first kappa shape index (κ1) is 13.3. The summed E-state index contributed by atoms with van der Waals surface area (Å²) in [6.07, 6.45) is 0. The highest BCUT2D eigenvalue weighted by molar-refractivity contribution is 5.74. The van der Waals surface area contributed by atoms with Gasteiger partial charge in [0.25, 0.3) is 0 Å². The number of urea groups is 1. The van der Waals surface area contributed by atoms with Crippen molar-refractivity contribution in [1.29, 1.82) is 0 Å². The smallest absolute Gasteiger partial charge is 0.319 e. The fraction of sp³-hybridized carbons (Fsp3) is 0.917. The van der Waals surface area contributed by atoms with E-state index in [9.17, 15) is 4.79 Å². The topological polar surface area (TPSA) is 32.8 Å². The van der Waals surface area contributed by atoms with Crippen molar-refractivity contribution >= 4 is 6.03 Å². The van der Waals surface area contributed by atoms with Gasteiger partial charge >= 0.3 is 6.03 Å². The molecule has 2 amide bonds. The molecule has 0 radical (unpaired) electrons. The molecule has 0 bridgehead atoms. The lowest BCUT2D eigenvalue weighted by atomic mass is 9.99. The molecule has 1 saturated heterocycles. The van der Waals surface area contributed by atoms with E-state index in [1.807, 2.05) is 46.6 Å². The van der Waals surface area contributed by atoms with E-state index < -0.39 is 0 Å². The molecule has 0 unspecified atom stereocenters. The molecule has 4 heteroatoms. The van der Waals surface area contributed by atoms with Crippen molar-refractivity contribution in [2.75, 3.05) is 26.7 Å². The number of carbonyl (C=O) groups is 1. The molecule has 4 nitrogen and oxygen atoms in total. The maximum absolute atomic E-state index is 12.1. The normalized spacial score (nSPS) is 23.0. The summed E-state index contributed by atoms with van der Waals surface area (Å²) in [4.78, 5) is 15.7. The third-order valence-corrected chi connectivity index (χ3v) is 2.77. The first-order valence-electron chi connectivity index (χ1n) is 5.87. The van der Waals surface area contributed by atoms with Crippen LogP contribution in [0.3, 0.4) is 0 Å². The van der Waals surface area contributed by atoms with Gasteiger partial charge in [-0.2, -0.15) is 0 Å². The van der Waals surface area contributed by atoms with Gasteiger partial charge in [0.15, 0.2) is 0 Å². The number of nitrogens with zero attached hydrogens (tertiary/aromatic N) is 2. The van der Waals surface area contributed by atoms with Crippen LogP contribution in [-0.2, 0) is 4.74 Å². The highest BCUT2D eigenvalue weighted by Crippen LogP contribution is 2.28. The summed E-state index contributed by atoms with van der Waals surface area (Å²) in [5, 5.41) is 0. The molecule has 16 heavy (non-hydrogen) atoms. The van der Waals surface area contributed by atoms with Crippen molar-refractivity contribution in [2.24, 2.45) is 0 Å². The third kappa shape index (κ3) is 3.11. The second-order valence-electron chi connectivity index (χ2n) is 5.77. The lowest BCUT2D eigenvalue weighted by Crippen LogP contribution is -2.60. The zero-order valence-electron chi connectivity index (χ0n) is 11.3. The standard InChI is InChI=1S/C12H24N2O2/c1-7-13(6)10(15)14-8-11(2,3)16-12(4,5)9-14/h7-9H2,1-6H3. The fourth-order valence-corrected chi connectivity index (χ4v) is 2.30. The lowest BCUT2D eigenvalue weighted by molar-refractivity contribution is -0.171. The van der Waals surface area contributed by atoms with Gasteiger partial charge in [-0.1, -0.05) is 0 Å². The highest BCUT2D eigenvalue weighted by Gasteiger charge is 2.40. The van der Waals surface area contributed by atoms with Crippen molar-refractivity contribution in [2.45, 2.75) is 45.8 Å². The Morgan fingerprint density at radius 3 is 2.06 bits per heavy atom. The summed E-state index contributed by atoms with van der Waals surface area (Å²) in [5.74, 6) is 0. The SMILES string of the molecule is CCN(C)C(=O)N1CC(C)(C)OC(C)(C)C1. The molecule has 1 heterocycles. The maximum Gasteiger partial charge on any atom is 0.319 e. The number of amides is 2. The molecule has 0 atom stereocenters.